The van der Waals surface area contributed by atoms with Crippen LogP contribution in [0.15, 0.2) is 42.5 Å². The molecular weight excluding hydrogens is 409 g/mol. The maximum Gasteiger partial charge on any atom is 0.416 e. The molecule has 2 aromatic rings. The zero-order valence-electron chi connectivity index (χ0n) is 15.9. The normalized spacial score (nSPS) is 12.0. The van der Waals surface area contributed by atoms with Crippen LogP contribution in [0.1, 0.15) is 18.1 Å². The van der Waals surface area contributed by atoms with E-state index in [4.69, 9.17) is 9.47 Å². The summed E-state index contributed by atoms with van der Waals surface area (Å²) in [5.74, 6) is -1.57. The molecule has 1 amide bonds. The number of nitro benzene ring substituents is 1. The third kappa shape index (κ3) is 5.93. The van der Waals surface area contributed by atoms with Crippen molar-refractivity contribution >= 4 is 23.3 Å². The Bertz CT molecular complexity index is 962. The molecule has 11 heteroatoms. The summed E-state index contributed by atoms with van der Waals surface area (Å²) >= 11 is 0. The molecule has 0 fully saturated rings. The van der Waals surface area contributed by atoms with Crippen LogP contribution in [0.3, 0.4) is 0 Å². The van der Waals surface area contributed by atoms with Gasteiger partial charge in [0, 0.05) is 0 Å². The summed E-state index contributed by atoms with van der Waals surface area (Å²) in [6.45, 7) is 1.23. The molecule has 1 N–H and O–H groups in total. The number of nitrogens with zero attached hydrogens (tertiary/aromatic N) is 1. The highest BCUT2D eigenvalue weighted by Crippen LogP contribution is 2.30. The van der Waals surface area contributed by atoms with Crippen molar-refractivity contribution in [3.63, 3.8) is 0 Å². The summed E-state index contributed by atoms with van der Waals surface area (Å²) in [5.41, 5.74) is -1.41. The summed E-state index contributed by atoms with van der Waals surface area (Å²) in [6.07, 6.45) is -6.38. The van der Waals surface area contributed by atoms with Crippen molar-refractivity contribution in [2.75, 3.05) is 12.4 Å². The number of methoxy groups -OCH3 is 1. The largest absolute Gasteiger partial charge is 0.496 e. The first-order valence-electron chi connectivity index (χ1n) is 8.50. The van der Waals surface area contributed by atoms with Gasteiger partial charge in [-0.2, -0.15) is 13.2 Å². The maximum atomic E-state index is 12.7. The standard InChI is InChI=1S/C19H17F3N2O6/c1-11(18(26)23-15-7-6-14(29-2)10-16(15)24(27)28)30-17(25)9-12-4-3-5-13(8-12)19(20,21)22/h3-8,10-11H,9H2,1-2H3,(H,23,26). The number of esters is 1. The summed E-state index contributed by atoms with van der Waals surface area (Å²) in [4.78, 5) is 34.6. The second-order valence-electron chi connectivity index (χ2n) is 6.14. The second-order valence-corrected chi connectivity index (χ2v) is 6.14. The first-order chi connectivity index (χ1) is 14.0. The van der Waals surface area contributed by atoms with Crippen LogP contribution >= 0.6 is 0 Å². The summed E-state index contributed by atoms with van der Waals surface area (Å²) < 4.78 is 48.0. The van der Waals surface area contributed by atoms with Gasteiger partial charge in [-0.15, -0.1) is 0 Å². The molecule has 0 radical (unpaired) electrons. The zero-order valence-corrected chi connectivity index (χ0v) is 15.9. The minimum atomic E-state index is -4.56. The fourth-order valence-corrected chi connectivity index (χ4v) is 2.45. The molecule has 0 saturated carbocycles. The van der Waals surface area contributed by atoms with Crippen molar-refractivity contribution in [1.29, 1.82) is 0 Å². The molecule has 2 rings (SSSR count). The van der Waals surface area contributed by atoms with E-state index in [1.165, 1.54) is 32.2 Å². The molecule has 0 aliphatic rings. The quantitative estimate of drug-likeness (QED) is 0.411. The molecular formula is C19H17F3N2O6. The summed E-state index contributed by atoms with van der Waals surface area (Å²) in [7, 11) is 1.32. The van der Waals surface area contributed by atoms with Gasteiger partial charge in [0.25, 0.3) is 11.6 Å². The average Bonchev–Trinajstić information content (AvgIpc) is 2.67. The molecule has 2 aromatic carbocycles. The van der Waals surface area contributed by atoms with Crippen LogP contribution in [0.4, 0.5) is 24.5 Å². The van der Waals surface area contributed by atoms with Crippen molar-refractivity contribution in [2.45, 2.75) is 25.6 Å². The molecule has 160 valence electrons. The lowest BCUT2D eigenvalue weighted by Crippen LogP contribution is -2.30. The fraction of sp³-hybridized carbons (Fsp3) is 0.263. The van der Waals surface area contributed by atoms with Gasteiger partial charge in [0.15, 0.2) is 6.10 Å². The first kappa shape index (κ1) is 22.7. The third-order valence-electron chi connectivity index (χ3n) is 3.94. The SMILES string of the molecule is COc1ccc(NC(=O)C(C)OC(=O)Cc2cccc(C(F)(F)F)c2)c([N+](=O)[O-])c1. The zero-order chi connectivity index (χ0) is 22.5. The van der Waals surface area contributed by atoms with E-state index in [0.29, 0.717) is 0 Å². The third-order valence-corrected chi connectivity index (χ3v) is 3.94. The van der Waals surface area contributed by atoms with Gasteiger partial charge in [-0.25, -0.2) is 0 Å². The molecule has 0 saturated heterocycles. The molecule has 0 bridgehead atoms. The smallest absolute Gasteiger partial charge is 0.416 e. The number of hydrogen-bond donors (Lipinski definition) is 1. The van der Waals surface area contributed by atoms with Crippen LogP contribution in [0.5, 0.6) is 5.75 Å². The molecule has 0 aliphatic carbocycles. The molecule has 0 aromatic heterocycles. The Balaban J connectivity index is 2.03. The maximum absolute atomic E-state index is 12.7. The highest BCUT2D eigenvalue weighted by Gasteiger charge is 2.30. The van der Waals surface area contributed by atoms with Gasteiger partial charge in [-0.05, 0) is 30.7 Å². The number of hydrogen-bond acceptors (Lipinski definition) is 6. The van der Waals surface area contributed by atoms with E-state index < -0.39 is 46.8 Å². The van der Waals surface area contributed by atoms with E-state index >= 15 is 0 Å². The highest BCUT2D eigenvalue weighted by molar-refractivity contribution is 5.97. The lowest BCUT2D eigenvalue weighted by Gasteiger charge is -2.14. The lowest BCUT2D eigenvalue weighted by atomic mass is 10.1. The second kappa shape index (κ2) is 9.25. The molecule has 0 spiro atoms. The van der Waals surface area contributed by atoms with Gasteiger partial charge in [0.2, 0.25) is 0 Å². The molecule has 1 unspecified atom stereocenters. The van der Waals surface area contributed by atoms with Crippen LogP contribution in [0.25, 0.3) is 0 Å². The van der Waals surface area contributed by atoms with Crippen LogP contribution < -0.4 is 10.1 Å². The Morgan fingerprint density at radius 3 is 2.50 bits per heavy atom. The van der Waals surface area contributed by atoms with Gasteiger partial charge in [0.1, 0.15) is 11.4 Å². The van der Waals surface area contributed by atoms with Gasteiger partial charge in [-0.3, -0.25) is 19.7 Å². The van der Waals surface area contributed by atoms with Gasteiger partial charge < -0.3 is 14.8 Å². The van der Waals surface area contributed by atoms with Crippen LogP contribution in [0, 0.1) is 10.1 Å². The number of nitro groups is 1. The number of halogens is 3. The molecule has 8 nitrogen and oxygen atoms in total. The molecule has 0 aliphatic heterocycles. The van der Waals surface area contributed by atoms with Crippen molar-refractivity contribution in [3.8, 4) is 5.75 Å². The minimum Gasteiger partial charge on any atom is -0.496 e. The summed E-state index contributed by atoms with van der Waals surface area (Å²) in [6, 6.07) is 7.92. The topological polar surface area (TPSA) is 108 Å². The minimum absolute atomic E-state index is 0.0632. The molecule has 30 heavy (non-hydrogen) atoms. The predicted molar refractivity (Wildman–Crippen MR) is 99.0 cm³/mol. The van der Waals surface area contributed by atoms with Crippen molar-refractivity contribution in [2.24, 2.45) is 0 Å². The number of nitrogens with one attached hydrogen (secondary N) is 1. The van der Waals surface area contributed by atoms with Crippen LogP contribution in [-0.2, 0) is 26.9 Å². The lowest BCUT2D eigenvalue weighted by molar-refractivity contribution is -0.384. The van der Waals surface area contributed by atoms with E-state index in [1.807, 2.05) is 0 Å². The Morgan fingerprint density at radius 2 is 1.90 bits per heavy atom. The number of amides is 1. The number of rotatable bonds is 7. The van der Waals surface area contributed by atoms with Crippen molar-refractivity contribution < 1.29 is 37.2 Å². The number of ether oxygens (including phenoxy) is 2. The first-order valence-corrected chi connectivity index (χ1v) is 8.50. The van der Waals surface area contributed by atoms with Crippen molar-refractivity contribution in [3.05, 3.63) is 63.7 Å². The monoisotopic (exact) mass is 426 g/mol. The Morgan fingerprint density at radius 1 is 1.20 bits per heavy atom. The number of anilines is 1. The number of benzene rings is 2. The Labute approximate surface area is 168 Å². The number of carbonyl (C=O) groups excluding carboxylic acids is 2. The Hall–Kier alpha value is -3.63. The van der Waals surface area contributed by atoms with Gasteiger partial charge in [-0.1, -0.05) is 18.2 Å². The Kier molecular flexibility index (Phi) is 6.98. The van der Waals surface area contributed by atoms with E-state index in [-0.39, 0.29) is 17.0 Å². The number of alkyl halides is 3. The van der Waals surface area contributed by atoms with Crippen LogP contribution in [-0.4, -0.2) is 30.0 Å². The van der Waals surface area contributed by atoms with E-state index in [9.17, 15) is 32.9 Å². The highest BCUT2D eigenvalue weighted by atomic mass is 19.4. The fourth-order valence-electron chi connectivity index (χ4n) is 2.45. The summed E-state index contributed by atoms with van der Waals surface area (Å²) in [5, 5.41) is 13.4. The number of carbonyl (C=O) groups is 2. The predicted octanol–water partition coefficient (Wildman–Crippen LogP) is 3.74. The van der Waals surface area contributed by atoms with Gasteiger partial charge >= 0.3 is 12.1 Å². The molecule has 0 heterocycles. The van der Waals surface area contributed by atoms with Crippen LogP contribution in [0.2, 0.25) is 0 Å². The molecule has 1 atom stereocenters. The van der Waals surface area contributed by atoms with Gasteiger partial charge in [0.05, 0.1) is 30.1 Å². The van der Waals surface area contributed by atoms with Crippen molar-refractivity contribution in [1.82, 2.24) is 0 Å². The van der Waals surface area contributed by atoms with E-state index in [2.05, 4.69) is 5.32 Å². The van der Waals surface area contributed by atoms with E-state index in [1.54, 1.807) is 0 Å². The average molecular weight is 426 g/mol. The van der Waals surface area contributed by atoms with E-state index in [0.717, 1.165) is 24.3 Å².